The third kappa shape index (κ3) is 4.93. The topological polar surface area (TPSA) is 41.1 Å². The van der Waals surface area contributed by atoms with Gasteiger partial charge in [0.1, 0.15) is 0 Å². The summed E-state index contributed by atoms with van der Waals surface area (Å²) in [7, 11) is 0. The lowest BCUT2D eigenvalue weighted by Gasteiger charge is -2.10. The second kappa shape index (κ2) is 8.06. The van der Waals surface area contributed by atoms with Crippen LogP contribution in [0.4, 0.5) is 5.69 Å². The van der Waals surface area contributed by atoms with Crippen LogP contribution in [0.3, 0.4) is 0 Å². The molecule has 0 fully saturated rings. The number of carbonyl (C=O) groups excluding carboxylic acids is 1. The van der Waals surface area contributed by atoms with E-state index in [1.165, 1.54) is 5.56 Å². The van der Waals surface area contributed by atoms with Crippen LogP contribution >= 0.6 is 23.2 Å². The van der Waals surface area contributed by atoms with E-state index in [9.17, 15) is 4.79 Å². The van der Waals surface area contributed by atoms with Gasteiger partial charge < -0.3 is 10.6 Å². The number of aryl methyl sites for hydroxylation is 1. The molecule has 0 spiro atoms. The fraction of sp³-hybridized carbons (Fsp3) is 0.235. The molecule has 2 N–H and O–H groups in total. The maximum Gasteiger partial charge on any atom is 0.222 e. The van der Waals surface area contributed by atoms with Crippen molar-refractivity contribution >= 4 is 34.8 Å². The molecule has 0 saturated carbocycles. The van der Waals surface area contributed by atoms with Crippen LogP contribution in [0.25, 0.3) is 0 Å². The minimum atomic E-state index is -0.00812. The zero-order valence-corrected chi connectivity index (χ0v) is 13.8. The highest BCUT2D eigenvalue weighted by Crippen LogP contribution is 2.29. The van der Waals surface area contributed by atoms with Crippen LogP contribution in [0.1, 0.15) is 17.5 Å². The summed E-state index contributed by atoms with van der Waals surface area (Å²) in [5.41, 5.74) is 3.03. The molecule has 5 heteroatoms. The molecule has 2 aromatic carbocycles. The first-order valence-electron chi connectivity index (χ1n) is 7.06. The van der Waals surface area contributed by atoms with E-state index >= 15 is 0 Å². The second-order valence-electron chi connectivity index (χ2n) is 5.04. The highest BCUT2D eigenvalue weighted by atomic mass is 35.5. The number of benzene rings is 2. The molecule has 0 aliphatic rings. The van der Waals surface area contributed by atoms with Crippen LogP contribution in [0.5, 0.6) is 0 Å². The molecule has 0 aliphatic carbocycles. The number of nitrogens with one attached hydrogen (secondary N) is 2. The zero-order chi connectivity index (χ0) is 15.9. The van der Waals surface area contributed by atoms with Crippen LogP contribution in [0.15, 0.2) is 42.5 Å². The molecule has 3 nitrogen and oxygen atoms in total. The number of hydrogen-bond donors (Lipinski definition) is 2. The Labute approximate surface area is 140 Å². The van der Waals surface area contributed by atoms with Crippen molar-refractivity contribution < 1.29 is 4.79 Å². The molecule has 116 valence electrons. The van der Waals surface area contributed by atoms with Crippen LogP contribution in [0, 0.1) is 6.92 Å². The van der Waals surface area contributed by atoms with Crippen molar-refractivity contribution in [3.63, 3.8) is 0 Å². The lowest BCUT2D eigenvalue weighted by atomic mass is 10.1. The summed E-state index contributed by atoms with van der Waals surface area (Å²) in [6.07, 6.45) is 0.370. The van der Waals surface area contributed by atoms with Crippen molar-refractivity contribution in [2.24, 2.45) is 0 Å². The average molecular weight is 337 g/mol. The van der Waals surface area contributed by atoms with E-state index in [1.54, 1.807) is 6.07 Å². The van der Waals surface area contributed by atoms with E-state index in [-0.39, 0.29) is 5.91 Å². The molecule has 2 aromatic rings. The van der Waals surface area contributed by atoms with Crippen LogP contribution in [0.2, 0.25) is 10.0 Å². The van der Waals surface area contributed by atoms with E-state index in [2.05, 4.69) is 10.6 Å². The van der Waals surface area contributed by atoms with Crippen LogP contribution in [-0.2, 0) is 11.3 Å². The third-order valence-corrected chi connectivity index (χ3v) is 4.05. The number of anilines is 1. The lowest BCUT2D eigenvalue weighted by Crippen LogP contribution is -2.24. The fourth-order valence-corrected chi connectivity index (χ4v) is 2.31. The molecule has 0 aromatic heterocycles. The van der Waals surface area contributed by atoms with Crippen molar-refractivity contribution in [3.05, 3.63) is 63.6 Å². The Morgan fingerprint density at radius 1 is 1.09 bits per heavy atom. The first-order valence-corrected chi connectivity index (χ1v) is 7.82. The minimum Gasteiger partial charge on any atom is -0.383 e. The fourth-order valence-electron chi connectivity index (χ4n) is 1.95. The molecule has 1 amide bonds. The maximum absolute atomic E-state index is 11.8. The van der Waals surface area contributed by atoms with Gasteiger partial charge in [0.2, 0.25) is 5.91 Å². The minimum absolute atomic E-state index is 0.00812. The van der Waals surface area contributed by atoms with E-state index < -0.39 is 0 Å². The summed E-state index contributed by atoms with van der Waals surface area (Å²) >= 11 is 12.0. The van der Waals surface area contributed by atoms with Crippen molar-refractivity contribution in [1.29, 1.82) is 0 Å². The van der Waals surface area contributed by atoms with Gasteiger partial charge >= 0.3 is 0 Å². The molecule has 0 bridgehead atoms. The zero-order valence-electron chi connectivity index (χ0n) is 12.3. The maximum atomic E-state index is 11.8. The van der Waals surface area contributed by atoms with Gasteiger partial charge in [-0.05, 0) is 24.6 Å². The number of amides is 1. The van der Waals surface area contributed by atoms with Gasteiger partial charge in [-0.25, -0.2) is 0 Å². The molecular formula is C17H18Cl2N2O. The van der Waals surface area contributed by atoms with E-state index in [0.717, 1.165) is 11.3 Å². The van der Waals surface area contributed by atoms with Gasteiger partial charge in [0.15, 0.2) is 0 Å². The van der Waals surface area contributed by atoms with Gasteiger partial charge in [-0.2, -0.15) is 0 Å². The van der Waals surface area contributed by atoms with Gasteiger partial charge in [-0.15, -0.1) is 0 Å². The SMILES string of the molecule is Cc1ccc(CNC(=O)CCNc2cccc(Cl)c2Cl)cc1. The highest BCUT2D eigenvalue weighted by molar-refractivity contribution is 6.43. The number of carbonyl (C=O) groups is 1. The molecule has 0 aliphatic heterocycles. The first-order chi connectivity index (χ1) is 10.6. The summed E-state index contributed by atoms with van der Waals surface area (Å²) in [6.45, 7) is 3.08. The van der Waals surface area contributed by atoms with Gasteiger partial charge in [0, 0.05) is 19.5 Å². The van der Waals surface area contributed by atoms with Crippen molar-refractivity contribution in [2.75, 3.05) is 11.9 Å². The van der Waals surface area contributed by atoms with E-state index in [4.69, 9.17) is 23.2 Å². The predicted molar refractivity (Wildman–Crippen MR) is 92.6 cm³/mol. The third-order valence-electron chi connectivity index (χ3n) is 3.23. The average Bonchev–Trinajstić information content (AvgIpc) is 2.51. The molecule has 2 rings (SSSR count). The Morgan fingerprint density at radius 3 is 2.55 bits per heavy atom. The lowest BCUT2D eigenvalue weighted by molar-refractivity contribution is -0.121. The Hall–Kier alpha value is -1.71. The molecule has 0 radical (unpaired) electrons. The molecular weight excluding hydrogens is 319 g/mol. The monoisotopic (exact) mass is 336 g/mol. The van der Waals surface area contributed by atoms with E-state index in [1.807, 2.05) is 43.3 Å². The molecule has 0 heterocycles. The first kappa shape index (κ1) is 16.7. The molecule has 0 atom stereocenters. The van der Waals surface area contributed by atoms with Gasteiger partial charge in [0.05, 0.1) is 15.7 Å². The summed E-state index contributed by atoms with van der Waals surface area (Å²) in [5.74, 6) is -0.00812. The molecule has 0 unspecified atom stereocenters. The summed E-state index contributed by atoms with van der Waals surface area (Å²) < 4.78 is 0. The summed E-state index contributed by atoms with van der Waals surface area (Å²) in [5, 5.41) is 6.98. The van der Waals surface area contributed by atoms with Crippen LogP contribution in [-0.4, -0.2) is 12.5 Å². The Bertz CT molecular complexity index is 642. The molecule has 0 saturated heterocycles. The second-order valence-corrected chi connectivity index (χ2v) is 5.83. The predicted octanol–water partition coefficient (Wildman–Crippen LogP) is 4.42. The Balaban J connectivity index is 1.74. The number of hydrogen-bond acceptors (Lipinski definition) is 2. The quantitative estimate of drug-likeness (QED) is 0.819. The Morgan fingerprint density at radius 2 is 1.82 bits per heavy atom. The van der Waals surface area contributed by atoms with Crippen molar-refractivity contribution in [3.8, 4) is 0 Å². The molecule has 22 heavy (non-hydrogen) atoms. The van der Waals surface area contributed by atoms with Crippen molar-refractivity contribution in [2.45, 2.75) is 19.9 Å². The highest BCUT2D eigenvalue weighted by Gasteiger charge is 2.05. The number of rotatable bonds is 6. The normalized spacial score (nSPS) is 10.3. The van der Waals surface area contributed by atoms with Gasteiger partial charge in [0.25, 0.3) is 0 Å². The smallest absolute Gasteiger partial charge is 0.222 e. The standard InChI is InChI=1S/C17H18Cl2N2O/c1-12-5-7-13(8-6-12)11-21-16(22)9-10-20-15-4-2-3-14(18)17(15)19/h2-8,20H,9-11H2,1H3,(H,21,22). The number of halogens is 2. The van der Waals surface area contributed by atoms with Crippen LogP contribution < -0.4 is 10.6 Å². The van der Waals surface area contributed by atoms with Crippen molar-refractivity contribution in [1.82, 2.24) is 5.32 Å². The summed E-state index contributed by atoms with van der Waals surface area (Å²) in [4.78, 5) is 11.8. The Kier molecular flexibility index (Phi) is 6.10. The summed E-state index contributed by atoms with van der Waals surface area (Å²) in [6, 6.07) is 13.5. The van der Waals surface area contributed by atoms with E-state index in [0.29, 0.717) is 29.6 Å². The van der Waals surface area contributed by atoms with Gasteiger partial charge in [-0.1, -0.05) is 59.1 Å². The van der Waals surface area contributed by atoms with Gasteiger partial charge in [-0.3, -0.25) is 4.79 Å². The largest absolute Gasteiger partial charge is 0.383 e.